The van der Waals surface area contributed by atoms with Gasteiger partial charge in [0.2, 0.25) is 5.88 Å². The number of H-pyrrole nitrogens is 1. The van der Waals surface area contributed by atoms with Crippen LogP contribution in [0.1, 0.15) is 38.1 Å². The molecule has 1 aliphatic heterocycles. The topological polar surface area (TPSA) is 87.4 Å². The molecule has 0 spiro atoms. The predicted octanol–water partition coefficient (Wildman–Crippen LogP) is 5.58. The Kier molecular flexibility index (Phi) is 5.79. The number of thioether (sulfide) groups is 1. The zero-order valence-corrected chi connectivity index (χ0v) is 20.6. The number of para-hydroxylation sites is 1. The van der Waals surface area contributed by atoms with E-state index in [1.807, 2.05) is 44.2 Å². The van der Waals surface area contributed by atoms with Crippen molar-refractivity contribution in [3.8, 4) is 11.6 Å². The number of aliphatic imine (C=N–C) groups is 1. The van der Waals surface area contributed by atoms with E-state index < -0.39 is 17.1 Å². The van der Waals surface area contributed by atoms with Crippen molar-refractivity contribution < 1.29 is 5.11 Å². The van der Waals surface area contributed by atoms with Gasteiger partial charge in [-0.05, 0) is 68.3 Å². The van der Waals surface area contributed by atoms with Crippen molar-refractivity contribution in [3.05, 3.63) is 102 Å². The Morgan fingerprint density at radius 3 is 2.47 bits per heavy atom. The molecule has 0 fully saturated rings. The molecule has 0 unspecified atom stereocenters. The van der Waals surface area contributed by atoms with Crippen LogP contribution in [-0.4, -0.2) is 20.4 Å². The third-order valence-electron chi connectivity index (χ3n) is 5.69. The van der Waals surface area contributed by atoms with Gasteiger partial charge in [0.1, 0.15) is 5.56 Å². The molecule has 6 nitrogen and oxygen atoms in total. The molecular weight excluding hydrogens is 466 g/mol. The number of aromatic amines is 1. The molecule has 4 aromatic rings. The summed E-state index contributed by atoms with van der Waals surface area (Å²) < 4.78 is 1.15. The molecular formula is C26H23N3O3S2. The first-order chi connectivity index (χ1) is 16.3. The summed E-state index contributed by atoms with van der Waals surface area (Å²) in [5, 5.41) is 11.3. The Balaban J connectivity index is 1.72. The molecule has 0 saturated heterocycles. The highest BCUT2D eigenvalue weighted by Gasteiger charge is 2.28. The predicted molar refractivity (Wildman–Crippen MR) is 139 cm³/mol. The van der Waals surface area contributed by atoms with E-state index in [-0.39, 0.29) is 10.8 Å². The number of benzene rings is 2. The SMILES string of the molecule is Cc1cc(C)cc(-n2c(O)c(C3=Nc4ccccc4S[C@H](c4ccc(C)s4)C3)c(=O)[nH]c2=O)c1. The Bertz CT molecular complexity index is 1540. The summed E-state index contributed by atoms with van der Waals surface area (Å²) in [5.41, 5.74) is 2.25. The monoisotopic (exact) mass is 489 g/mol. The Morgan fingerprint density at radius 1 is 1.03 bits per heavy atom. The molecule has 2 aromatic carbocycles. The third kappa shape index (κ3) is 4.15. The minimum atomic E-state index is -0.689. The van der Waals surface area contributed by atoms with Crippen LogP contribution in [0, 0.1) is 20.8 Å². The normalized spacial score (nSPS) is 15.5. The fourth-order valence-electron chi connectivity index (χ4n) is 4.26. The molecule has 0 amide bonds. The minimum absolute atomic E-state index is 0.0153. The largest absolute Gasteiger partial charge is 0.493 e. The average Bonchev–Trinajstić information content (AvgIpc) is 3.10. The summed E-state index contributed by atoms with van der Waals surface area (Å²) in [6, 6.07) is 17.5. The second-order valence-electron chi connectivity index (χ2n) is 8.42. The van der Waals surface area contributed by atoms with Crippen LogP contribution in [0.5, 0.6) is 5.88 Å². The minimum Gasteiger partial charge on any atom is -0.493 e. The maximum atomic E-state index is 13.0. The lowest BCUT2D eigenvalue weighted by atomic mass is 10.1. The quantitative estimate of drug-likeness (QED) is 0.393. The number of aryl methyl sites for hydroxylation is 3. The lowest BCUT2D eigenvalue weighted by Gasteiger charge is -2.16. The molecule has 0 aliphatic carbocycles. The van der Waals surface area contributed by atoms with Gasteiger partial charge < -0.3 is 5.11 Å². The molecule has 0 radical (unpaired) electrons. The van der Waals surface area contributed by atoms with Crippen LogP contribution in [0.25, 0.3) is 5.69 Å². The number of nitrogens with zero attached hydrogens (tertiary/aromatic N) is 2. The van der Waals surface area contributed by atoms with Gasteiger partial charge in [-0.2, -0.15) is 0 Å². The van der Waals surface area contributed by atoms with Crippen molar-refractivity contribution in [2.45, 2.75) is 37.3 Å². The van der Waals surface area contributed by atoms with Crippen molar-refractivity contribution in [1.29, 1.82) is 0 Å². The first-order valence-electron chi connectivity index (χ1n) is 10.9. The number of hydrogen-bond acceptors (Lipinski definition) is 6. The van der Waals surface area contributed by atoms with E-state index in [4.69, 9.17) is 4.99 Å². The van der Waals surface area contributed by atoms with Crippen LogP contribution in [0.15, 0.2) is 74.1 Å². The van der Waals surface area contributed by atoms with Crippen LogP contribution in [-0.2, 0) is 0 Å². The maximum absolute atomic E-state index is 13.0. The maximum Gasteiger partial charge on any atom is 0.335 e. The van der Waals surface area contributed by atoms with Crippen LogP contribution < -0.4 is 11.2 Å². The number of thiophene rings is 1. The Morgan fingerprint density at radius 2 is 1.76 bits per heavy atom. The van der Waals surface area contributed by atoms with Gasteiger partial charge >= 0.3 is 5.69 Å². The number of hydrogen-bond donors (Lipinski definition) is 2. The van der Waals surface area contributed by atoms with E-state index in [1.165, 1.54) is 9.75 Å². The molecule has 34 heavy (non-hydrogen) atoms. The van der Waals surface area contributed by atoms with Gasteiger partial charge in [-0.25, -0.2) is 9.36 Å². The third-order valence-corrected chi connectivity index (χ3v) is 8.25. The average molecular weight is 490 g/mol. The molecule has 0 bridgehead atoms. The molecule has 0 saturated carbocycles. The van der Waals surface area contributed by atoms with Crippen molar-refractivity contribution in [3.63, 3.8) is 0 Å². The Hall–Kier alpha value is -3.36. The second kappa shape index (κ2) is 8.77. The highest BCUT2D eigenvalue weighted by molar-refractivity contribution is 7.99. The summed E-state index contributed by atoms with van der Waals surface area (Å²) in [6.07, 6.45) is 0.432. The highest BCUT2D eigenvalue weighted by atomic mass is 32.2. The molecule has 1 aliphatic rings. The van der Waals surface area contributed by atoms with Crippen LogP contribution in [0.3, 0.4) is 0 Å². The van der Waals surface area contributed by atoms with Gasteiger partial charge in [0.05, 0.1) is 17.1 Å². The molecule has 1 atom stereocenters. The van der Waals surface area contributed by atoms with Gasteiger partial charge in [-0.3, -0.25) is 14.8 Å². The van der Waals surface area contributed by atoms with Gasteiger partial charge in [0, 0.05) is 26.3 Å². The molecule has 172 valence electrons. The molecule has 3 heterocycles. The highest BCUT2D eigenvalue weighted by Crippen LogP contribution is 2.47. The molecule has 2 aromatic heterocycles. The number of aromatic hydroxyl groups is 1. The molecule has 2 N–H and O–H groups in total. The summed E-state index contributed by atoms with van der Waals surface area (Å²) in [7, 11) is 0. The lowest BCUT2D eigenvalue weighted by molar-refractivity contribution is 0.429. The molecule has 8 heteroatoms. The van der Waals surface area contributed by atoms with E-state index in [1.54, 1.807) is 35.2 Å². The van der Waals surface area contributed by atoms with E-state index in [0.717, 1.165) is 26.3 Å². The summed E-state index contributed by atoms with van der Waals surface area (Å²) in [5.74, 6) is -0.400. The zero-order valence-electron chi connectivity index (χ0n) is 19.0. The number of aromatic nitrogens is 2. The van der Waals surface area contributed by atoms with Crippen LogP contribution in [0.4, 0.5) is 5.69 Å². The number of nitrogens with one attached hydrogen (secondary N) is 1. The standard InChI is InChI=1S/C26H23N3O3S2/c1-14-10-15(2)12-17(11-14)29-25(31)23(24(30)28-26(29)32)19-13-22(21-9-8-16(3)33-21)34-20-7-5-4-6-18(20)27-19/h4-12,22,31H,13H2,1-3H3,(H,28,30,32)/t22-/m0/s1. The van der Waals surface area contributed by atoms with Crippen molar-refractivity contribution in [1.82, 2.24) is 9.55 Å². The Labute approximate surface area is 204 Å². The summed E-state index contributed by atoms with van der Waals surface area (Å²) in [4.78, 5) is 36.4. The molecule has 5 rings (SSSR count). The van der Waals surface area contributed by atoms with Gasteiger partial charge in [-0.1, -0.05) is 18.2 Å². The fourth-order valence-corrected chi connectivity index (χ4v) is 6.54. The fraction of sp³-hybridized carbons (Fsp3) is 0.192. The number of rotatable bonds is 3. The van der Waals surface area contributed by atoms with E-state index in [9.17, 15) is 14.7 Å². The first kappa shape index (κ1) is 22.4. The van der Waals surface area contributed by atoms with Crippen molar-refractivity contribution >= 4 is 34.5 Å². The first-order valence-corrected chi connectivity index (χ1v) is 12.6. The zero-order chi connectivity index (χ0) is 24.0. The van der Waals surface area contributed by atoms with Crippen LogP contribution >= 0.6 is 23.1 Å². The van der Waals surface area contributed by atoms with Crippen molar-refractivity contribution in [2.75, 3.05) is 0 Å². The second-order valence-corrected chi connectivity index (χ2v) is 11.0. The van der Waals surface area contributed by atoms with Gasteiger partial charge in [-0.15, -0.1) is 23.1 Å². The van der Waals surface area contributed by atoms with Crippen LogP contribution in [0.2, 0.25) is 0 Å². The number of fused-ring (bicyclic) bond motifs is 1. The summed E-state index contributed by atoms with van der Waals surface area (Å²) >= 11 is 3.41. The summed E-state index contributed by atoms with van der Waals surface area (Å²) in [6.45, 7) is 5.90. The van der Waals surface area contributed by atoms with E-state index in [2.05, 4.69) is 24.0 Å². The van der Waals surface area contributed by atoms with E-state index >= 15 is 0 Å². The van der Waals surface area contributed by atoms with Crippen molar-refractivity contribution in [2.24, 2.45) is 4.99 Å². The van der Waals surface area contributed by atoms with Gasteiger partial charge in [0.15, 0.2) is 0 Å². The van der Waals surface area contributed by atoms with E-state index in [0.29, 0.717) is 17.8 Å². The smallest absolute Gasteiger partial charge is 0.335 e. The van der Waals surface area contributed by atoms with Gasteiger partial charge in [0.25, 0.3) is 5.56 Å². The lowest BCUT2D eigenvalue weighted by Crippen LogP contribution is -2.33.